The van der Waals surface area contributed by atoms with Gasteiger partial charge < -0.3 is 5.32 Å². The van der Waals surface area contributed by atoms with E-state index in [0.717, 1.165) is 31.2 Å². The molecule has 2 fully saturated rings. The molecule has 1 aromatic rings. The minimum absolute atomic E-state index is 0.146. The van der Waals surface area contributed by atoms with Crippen molar-refractivity contribution >= 4 is 0 Å². The summed E-state index contributed by atoms with van der Waals surface area (Å²) in [6.07, 6.45) is 6.40. The summed E-state index contributed by atoms with van der Waals surface area (Å²) in [7, 11) is 0. The van der Waals surface area contributed by atoms with Gasteiger partial charge in [-0.2, -0.15) is 5.10 Å². The molecule has 0 spiro atoms. The molecule has 3 rings (SSSR count). The maximum absolute atomic E-state index is 4.74. The lowest BCUT2D eigenvalue weighted by Gasteiger charge is -2.17. The quantitative estimate of drug-likeness (QED) is 0.798. The van der Waals surface area contributed by atoms with Crippen molar-refractivity contribution in [2.75, 3.05) is 13.1 Å². The second-order valence-electron chi connectivity index (χ2n) is 5.51. The van der Waals surface area contributed by atoms with Crippen molar-refractivity contribution in [1.82, 2.24) is 20.5 Å². The molecule has 1 saturated carbocycles. The van der Waals surface area contributed by atoms with Gasteiger partial charge in [0.25, 0.3) is 0 Å². The lowest BCUT2D eigenvalue weighted by atomic mass is 9.89. The van der Waals surface area contributed by atoms with Crippen molar-refractivity contribution < 1.29 is 0 Å². The first-order valence-corrected chi connectivity index (χ1v) is 6.41. The van der Waals surface area contributed by atoms with E-state index >= 15 is 0 Å². The third kappa shape index (κ3) is 1.65. The normalized spacial score (nSPS) is 31.3. The molecule has 1 atom stereocenters. The molecule has 0 bridgehead atoms. The van der Waals surface area contributed by atoms with Crippen LogP contribution in [0.5, 0.6) is 0 Å². The van der Waals surface area contributed by atoms with Crippen molar-refractivity contribution in [2.24, 2.45) is 0 Å². The predicted molar refractivity (Wildman–Crippen MR) is 62.4 cm³/mol. The van der Waals surface area contributed by atoms with Gasteiger partial charge >= 0.3 is 0 Å². The van der Waals surface area contributed by atoms with E-state index in [1.54, 1.807) is 0 Å². The molecule has 1 aliphatic heterocycles. The second-order valence-corrected chi connectivity index (χ2v) is 5.51. The van der Waals surface area contributed by atoms with Crippen molar-refractivity contribution in [3.05, 3.63) is 11.6 Å². The Labute approximate surface area is 96.2 Å². The third-order valence-corrected chi connectivity index (χ3v) is 4.15. The summed E-state index contributed by atoms with van der Waals surface area (Å²) in [6.45, 7) is 4.35. The zero-order chi connectivity index (χ0) is 11.0. The van der Waals surface area contributed by atoms with E-state index in [2.05, 4.69) is 22.4 Å². The van der Waals surface area contributed by atoms with E-state index in [0.29, 0.717) is 5.92 Å². The average molecular weight is 220 g/mol. The highest BCUT2D eigenvalue weighted by Crippen LogP contribution is 2.34. The van der Waals surface area contributed by atoms with Crippen LogP contribution in [0.3, 0.4) is 0 Å². The summed E-state index contributed by atoms with van der Waals surface area (Å²) in [5, 5.41) is 11.0. The summed E-state index contributed by atoms with van der Waals surface area (Å²) in [6, 6.07) is 0. The Bertz CT molecular complexity index is 359. The molecule has 4 heteroatoms. The summed E-state index contributed by atoms with van der Waals surface area (Å²) < 4.78 is 0. The van der Waals surface area contributed by atoms with Gasteiger partial charge in [0.2, 0.25) is 0 Å². The molecule has 2 heterocycles. The van der Waals surface area contributed by atoms with E-state index < -0.39 is 0 Å². The molecule has 16 heavy (non-hydrogen) atoms. The second kappa shape index (κ2) is 3.84. The molecule has 0 amide bonds. The summed E-state index contributed by atoms with van der Waals surface area (Å²) in [4.78, 5) is 4.74. The summed E-state index contributed by atoms with van der Waals surface area (Å²) in [5.41, 5.74) is 0.146. The lowest BCUT2D eigenvalue weighted by molar-refractivity contribution is 0.490. The van der Waals surface area contributed by atoms with Crippen LogP contribution in [0, 0.1) is 0 Å². The molecule has 4 nitrogen and oxygen atoms in total. The summed E-state index contributed by atoms with van der Waals surface area (Å²) in [5.74, 6) is 2.78. The van der Waals surface area contributed by atoms with Crippen LogP contribution < -0.4 is 5.32 Å². The number of nitrogens with zero attached hydrogens (tertiary/aromatic N) is 2. The van der Waals surface area contributed by atoms with Crippen molar-refractivity contribution in [2.45, 2.75) is 50.4 Å². The summed E-state index contributed by atoms with van der Waals surface area (Å²) >= 11 is 0. The Hall–Kier alpha value is -0.900. The van der Waals surface area contributed by atoms with Gasteiger partial charge in [-0.25, -0.2) is 4.98 Å². The zero-order valence-corrected chi connectivity index (χ0v) is 9.92. The Morgan fingerprint density at radius 1 is 1.31 bits per heavy atom. The van der Waals surface area contributed by atoms with Gasteiger partial charge in [0.15, 0.2) is 5.82 Å². The topological polar surface area (TPSA) is 53.6 Å². The van der Waals surface area contributed by atoms with Gasteiger partial charge in [-0.3, -0.25) is 5.10 Å². The Morgan fingerprint density at radius 2 is 2.12 bits per heavy atom. The van der Waals surface area contributed by atoms with Crippen LogP contribution in [0.2, 0.25) is 0 Å². The van der Waals surface area contributed by atoms with Crippen molar-refractivity contribution in [3.8, 4) is 0 Å². The van der Waals surface area contributed by atoms with Gasteiger partial charge in [0, 0.05) is 17.9 Å². The van der Waals surface area contributed by atoms with Crippen LogP contribution in [0.25, 0.3) is 0 Å². The van der Waals surface area contributed by atoms with Gasteiger partial charge in [-0.1, -0.05) is 19.8 Å². The first-order chi connectivity index (χ1) is 7.78. The lowest BCUT2D eigenvalue weighted by Crippen LogP contribution is -2.26. The highest BCUT2D eigenvalue weighted by molar-refractivity contribution is 5.12. The molecule has 1 unspecified atom stereocenters. The molecule has 2 aliphatic rings. The van der Waals surface area contributed by atoms with Crippen LogP contribution in [0.15, 0.2) is 0 Å². The van der Waals surface area contributed by atoms with Crippen molar-refractivity contribution in [3.63, 3.8) is 0 Å². The Balaban J connectivity index is 1.81. The predicted octanol–water partition coefficient (Wildman–Crippen LogP) is 1.71. The molecule has 0 aromatic carbocycles. The maximum Gasteiger partial charge on any atom is 0.157 e. The van der Waals surface area contributed by atoms with Crippen LogP contribution in [-0.4, -0.2) is 28.3 Å². The monoisotopic (exact) mass is 220 g/mol. The van der Waals surface area contributed by atoms with Crippen LogP contribution >= 0.6 is 0 Å². The highest BCUT2D eigenvalue weighted by atomic mass is 15.2. The first kappa shape index (κ1) is 10.3. The molecule has 1 aliphatic carbocycles. The number of nitrogens with one attached hydrogen (secondary N) is 2. The van der Waals surface area contributed by atoms with Gasteiger partial charge in [0.05, 0.1) is 0 Å². The SMILES string of the molecule is CC1(c2n[nH]c(C3CCCC3)n2)CCNC1. The van der Waals surface area contributed by atoms with E-state index in [9.17, 15) is 0 Å². The van der Waals surface area contributed by atoms with E-state index in [1.165, 1.54) is 25.7 Å². The van der Waals surface area contributed by atoms with Gasteiger partial charge in [-0.05, 0) is 25.8 Å². The molecule has 1 aromatic heterocycles. The minimum atomic E-state index is 0.146. The van der Waals surface area contributed by atoms with Gasteiger partial charge in [-0.15, -0.1) is 0 Å². The smallest absolute Gasteiger partial charge is 0.157 e. The molecule has 0 radical (unpaired) electrons. The number of rotatable bonds is 2. The molecule has 2 N–H and O–H groups in total. The number of aromatic nitrogens is 3. The standard InChI is InChI=1S/C12H20N4/c1-12(6-7-13-8-12)11-14-10(15-16-11)9-4-2-3-5-9/h9,13H,2-8H2,1H3,(H,14,15,16). The number of hydrogen-bond acceptors (Lipinski definition) is 3. The molecule has 1 saturated heterocycles. The fraction of sp³-hybridized carbons (Fsp3) is 0.833. The Morgan fingerprint density at radius 3 is 2.81 bits per heavy atom. The first-order valence-electron chi connectivity index (χ1n) is 6.41. The largest absolute Gasteiger partial charge is 0.316 e. The van der Waals surface area contributed by atoms with Gasteiger partial charge in [0.1, 0.15) is 5.82 Å². The Kier molecular flexibility index (Phi) is 2.46. The number of H-pyrrole nitrogens is 1. The maximum atomic E-state index is 4.74. The fourth-order valence-corrected chi connectivity index (χ4v) is 2.93. The van der Waals surface area contributed by atoms with Crippen molar-refractivity contribution in [1.29, 1.82) is 0 Å². The zero-order valence-electron chi connectivity index (χ0n) is 9.92. The fourth-order valence-electron chi connectivity index (χ4n) is 2.93. The van der Waals surface area contributed by atoms with Crippen LogP contribution in [0.4, 0.5) is 0 Å². The van der Waals surface area contributed by atoms with E-state index in [-0.39, 0.29) is 5.41 Å². The van der Waals surface area contributed by atoms with E-state index in [1.807, 2.05) is 0 Å². The third-order valence-electron chi connectivity index (χ3n) is 4.15. The minimum Gasteiger partial charge on any atom is -0.316 e. The molecule has 88 valence electrons. The number of aromatic amines is 1. The van der Waals surface area contributed by atoms with Crippen LogP contribution in [0.1, 0.15) is 56.6 Å². The van der Waals surface area contributed by atoms with E-state index in [4.69, 9.17) is 4.98 Å². The number of hydrogen-bond donors (Lipinski definition) is 2. The molecular formula is C12H20N4. The average Bonchev–Trinajstić information content (AvgIpc) is 2.98. The molecular weight excluding hydrogens is 200 g/mol. The van der Waals surface area contributed by atoms with Crippen LogP contribution in [-0.2, 0) is 5.41 Å². The highest BCUT2D eigenvalue weighted by Gasteiger charge is 2.35.